The maximum absolute atomic E-state index is 12.1. The van der Waals surface area contributed by atoms with E-state index >= 15 is 0 Å². The van der Waals surface area contributed by atoms with Crippen molar-refractivity contribution >= 4 is 52.6 Å². The molecule has 0 radical (unpaired) electrons. The van der Waals surface area contributed by atoms with Crippen LogP contribution in [0.1, 0.15) is 38.1 Å². The molecule has 0 aliphatic rings. The molecule has 0 saturated heterocycles. The molecule has 0 atom stereocenters. The smallest absolute Gasteiger partial charge is 0.341 e. The van der Waals surface area contributed by atoms with Crippen molar-refractivity contribution in [3.8, 4) is 0 Å². The Balaban J connectivity index is 3.28. The molecular weight excluding hydrogens is 357 g/mol. The lowest BCUT2D eigenvalue weighted by atomic mass is 9.96. The van der Waals surface area contributed by atoms with Crippen LogP contribution in [0.2, 0.25) is 5.02 Å². The van der Waals surface area contributed by atoms with E-state index in [1.165, 1.54) is 6.07 Å². The van der Waals surface area contributed by atoms with Crippen LogP contribution in [0.15, 0.2) is 6.07 Å². The number of halogens is 2. The Kier molecular flexibility index (Phi) is 6.98. The highest BCUT2D eigenvalue weighted by Gasteiger charge is 2.25. The molecule has 0 unspecified atom stereocenters. The standard InChI is InChI=1S/C15H19Cl2N3O4/c1-5-24-13(22)8-6-9(17)12(20-14(23)15(2,3)4)19-11(8)18-10(21)7-16/h6H,5,7H2,1-4H3,(H2,18,19,20,21,23). The highest BCUT2D eigenvalue weighted by atomic mass is 35.5. The molecule has 2 N–H and O–H groups in total. The number of amides is 2. The molecule has 24 heavy (non-hydrogen) atoms. The Bertz CT molecular complexity index is 657. The number of carbonyl (C=O) groups is 3. The number of alkyl halides is 1. The molecule has 1 rings (SSSR count). The summed E-state index contributed by atoms with van der Waals surface area (Å²) in [7, 11) is 0. The predicted octanol–water partition coefficient (Wildman–Crippen LogP) is 3.07. The van der Waals surface area contributed by atoms with Crippen molar-refractivity contribution in [1.29, 1.82) is 0 Å². The van der Waals surface area contributed by atoms with Crippen molar-refractivity contribution < 1.29 is 19.1 Å². The van der Waals surface area contributed by atoms with E-state index in [4.69, 9.17) is 27.9 Å². The quantitative estimate of drug-likeness (QED) is 0.608. The van der Waals surface area contributed by atoms with Gasteiger partial charge in [-0.05, 0) is 13.0 Å². The van der Waals surface area contributed by atoms with Crippen molar-refractivity contribution in [3.63, 3.8) is 0 Å². The number of hydrogen-bond donors (Lipinski definition) is 2. The van der Waals surface area contributed by atoms with E-state index in [-0.39, 0.29) is 40.6 Å². The van der Waals surface area contributed by atoms with Gasteiger partial charge in [0.1, 0.15) is 17.3 Å². The minimum atomic E-state index is -0.703. The summed E-state index contributed by atoms with van der Waals surface area (Å²) >= 11 is 11.5. The molecule has 0 aliphatic heterocycles. The monoisotopic (exact) mass is 375 g/mol. The van der Waals surface area contributed by atoms with Crippen molar-refractivity contribution in [2.75, 3.05) is 23.1 Å². The fourth-order valence-electron chi connectivity index (χ4n) is 1.50. The Morgan fingerprint density at radius 3 is 2.33 bits per heavy atom. The van der Waals surface area contributed by atoms with E-state index in [0.29, 0.717) is 0 Å². The number of rotatable bonds is 5. The number of hydrogen-bond acceptors (Lipinski definition) is 5. The molecule has 0 bridgehead atoms. The molecule has 0 aromatic carbocycles. The lowest BCUT2D eigenvalue weighted by molar-refractivity contribution is -0.123. The largest absolute Gasteiger partial charge is 0.462 e. The molecule has 1 aromatic heterocycles. The first-order valence-corrected chi connectivity index (χ1v) is 8.06. The van der Waals surface area contributed by atoms with Gasteiger partial charge in [-0.25, -0.2) is 9.78 Å². The van der Waals surface area contributed by atoms with Gasteiger partial charge >= 0.3 is 5.97 Å². The number of esters is 1. The highest BCUT2D eigenvalue weighted by molar-refractivity contribution is 6.34. The number of ether oxygens (including phenoxy) is 1. The minimum Gasteiger partial charge on any atom is -0.462 e. The average molecular weight is 376 g/mol. The second kappa shape index (κ2) is 8.30. The van der Waals surface area contributed by atoms with E-state index in [0.717, 1.165) is 0 Å². The lowest BCUT2D eigenvalue weighted by Gasteiger charge is -2.19. The normalized spacial score (nSPS) is 10.9. The van der Waals surface area contributed by atoms with Crippen LogP contribution >= 0.6 is 23.2 Å². The maximum Gasteiger partial charge on any atom is 0.341 e. The lowest BCUT2D eigenvalue weighted by Crippen LogP contribution is -2.28. The van der Waals surface area contributed by atoms with Crippen LogP contribution < -0.4 is 10.6 Å². The average Bonchev–Trinajstić information content (AvgIpc) is 2.49. The summed E-state index contributed by atoms with van der Waals surface area (Å²) in [6.45, 7) is 6.95. The third-order valence-corrected chi connectivity index (χ3v) is 3.29. The minimum absolute atomic E-state index is 0.0227. The summed E-state index contributed by atoms with van der Waals surface area (Å²) in [6.07, 6.45) is 0. The van der Waals surface area contributed by atoms with Gasteiger partial charge in [-0.3, -0.25) is 9.59 Å². The topological polar surface area (TPSA) is 97.4 Å². The zero-order valence-electron chi connectivity index (χ0n) is 13.8. The Morgan fingerprint density at radius 2 is 1.83 bits per heavy atom. The molecule has 132 valence electrons. The number of anilines is 2. The second-order valence-electron chi connectivity index (χ2n) is 5.82. The second-order valence-corrected chi connectivity index (χ2v) is 6.50. The van der Waals surface area contributed by atoms with Crippen LogP contribution in [0.25, 0.3) is 0 Å². The number of aromatic nitrogens is 1. The summed E-state index contributed by atoms with van der Waals surface area (Å²) < 4.78 is 4.90. The summed E-state index contributed by atoms with van der Waals surface area (Å²) in [6, 6.07) is 1.27. The molecule has 0 saturated carbocycles. The zero-order chi connectivity index (χ0) is 18.5. The van der Waals surface area contributed by atoms with Crippen LogP contribution in [-0.2, 0) is 14.3 Å². The third-order valence-electron chi connectivity index (χ3n) is 2.76. The van der Waals surface area contributed by atoms with Crippen LogP contribution in [0, 0.1) is 5.41 Å². The molecule has 0 fully saturated rings. The molecule has 1 heterocycles. The summed E-state index contributed by atoms with van der Waals surface area (Å²) in [5, 5.41) is 4.99. The zero-order valence-corrected chi connectivity index (χ0v) is 15.3. The van der Waals surface area contributed by atoms with E-state index < -0.39 is 17.3 Å². The Hall–Kier alpha value is -1.86. The molecular formula is C15H19Cl2N3O4. The first kappa shape index (κ1) is 20.2. The number of nitrogens with zero attached hydrogens (tertiary/aromatic N) is 1. The Morgan fingerprint density at radius 1 is 1.21 bits per heavy atom. The fourth-order valence-corrected chi connectivity index (χ4v) is 1.76. The first-order chi connectivity index (χ1) is 11.1. The van der Waals surface area contributed by atoms with Gasteiger partial charge in [-0.1, -0.05) is 32.4 Å². The van der Waals surface area contributed by atoms with E-state index in [1.807, 2.05) is 0 Å². The summed E-state index contributed by atoms with van der Waals surface area (Å²) in [4.78, 5) is 39.7. The molecule has 2 amide bonds. The summed E-state index contributed by atoms with van der Waals surface area (Å²) in [5.74, 6) is -1.98. The number of carbonyl (C=O) groups excluding carboxylic acids is 3. The van der Waals surface area contributed by atoms with Crippen molar-refractivity contribution in [1.82, 2.24) is 4.98 Å². The van der Waals surface area contributed by atoms with Crippen LogP contribution in [-0.4, -0.2) is 35.3 Å². The van der Waals surface area contributed by atoms with Gasteiger partial charge in [0.2, 0.25) is 11.8 Å². The van der Waals surface area contributed by atoms with Crippen LogP contribution in [0.5, 0.6) is 0 Å². The highest BCUT2D eigenvalue weighted by Crippen LogP contribution is 2.28. The van der Waals surface area contributed by atoms with Gasteiger partial charge in [0.15, 0.2) is 5.82 Å². The molecule has 7 nitrogen and oxygen atoms in total. The maximum atomic E-state index is 12.1. The first-order valence-electron chi connectivity index (χ1n) is 7.15. The van der Waals surface area contributed by atoms with Gasteiger partial charge in [-0.15, -0.1) is 11.6 Å². The Labute approximate surface area is 150 Å². The van der Waals surface area contributed by atoms with Crippen LogP contribution in [0.3, 0.4) is 0 Å². The van der Waals surface area contributed by atoms with E-state index in [1.54, 1.807) is 27.7 Å². The van der Waals surface area contributed by atoms with Gasteiger partial charge in [-0.2, -0.15) is 0 Å². The van der Waals surface area contributed by atoms with Crippen molar-refractivity contribution in [2.45, 2.75) is 27.7 Å². The number of nitrogens with one attached hydrogen (secondary N) is 2. The third kappa shape index (κ3) is 5.35. The molecule has 9 heteroatoms. The number of pyridine rings is 1. The molecule has 0 spiro atoms. The fraction of sp³-hybridized carbons (Fsp3) is 0.467. The molecule has 1 aromatic rings. The predicted molar refractivity (Wildman–Crippen MR) is 92.6 cm³/mol. The van der Waals surface area contributed by atoms with E-state index in [2.05, 4.69) is 15.6 Å². The SMILES string of the molecule is CCOC(=O)c1cc(Cl)c(NC(=O)C(C)(C)C)nc1NC(=O)CCl. The van der Waals surface area contributed by atoms with Crippen molar-refractivity contribution in [2.24, 2.45) is 5.41 Å². The van der Waals surface area contributed by atoms with Crippen molar-refractivity contribution in [3.05, 3.63) is 16.7 Å². The van der Waals surface area contributed by atoms with Gasteiger partial charge in [0, 0.05) is 5.41 Å². The molecule has 0 aliphatic carbocycles. The van der Waals surface area contributed by atoms with Gasteiger partial charge < -0.3 is 15.4 Å². The van der Waals surface area contributed by atoms with E-state index in [9.17, 15) is 14.4 Å². The van der Waals surface area contributed by atoms with Gasteiger partial charge in [0.25, 0.3) is 0 Å². The van der Waals surface area contributed by atoms with Gasteiger partial charge in [0.05, 0.1) is 11.6 Å². The summed E-state index contributed by atoms with van der Waals surface area (Å²) in [5.41, 5.74) is -0.709. The van der Waals surface area contributed by atoms with Crippen LogP contribution in [0.4, 0.5) is 11.6 Å².